The average Bonchev–Trinajstić information content (AvgIpc) is 3.21. The molecule has 292 valence electrons. The molecule has 0 atom stereocenters. The van der Waals surface area contributed by atoms with Crippen molar-refractivity contribution in [2.75, 3.05) is 39.6 Å². The first kappa shape index (κ1) is 42.5. The normalized spacial score (nSPS) is 15.4. The fourth-order valence-electron chi connectivity index (χ4n) is 7.04. The Morgan fingerprint density at radius 1 is 0.648 bits per heavy atom. The fraction of sp³-hybridized carbons (Fsp3) is 0.478. The quantitative estimate of drug-likeness (QED) is 0.0563. The Balaban J connectivity index is 1.45. The number of aliphatic hydroxyl groups excluding tert-OH is 2. The van der Waals surface area contributed by atoms with Gasteiger partial charge in [-0.15, -0.1) is 0 Å². The molecule has 1 aliphatic carbocycles. The molecule has 0 aliphatic heterocycles. The summed E-state index contributed by atoms with van der Waals surface area (Å²) in [5.74, 6) is 0.00236. The van der Waals surface area contributed by atoms with E-state index in [0.29, 0.717) is 18.3 Å². The number of rotatable bonds is 23. The van der Waals surface area contributed by atoms with E-state index in [1.165, 1.54) is 65.5 Å². The highest BCUT2D eigenvalue weighted by Crippen LogP contribution is 2.38. The SMILES string of the molecule is C=C(CO)C(=O)OCCOc1ccc(-c2ccc(-c3ccc(C4CCC(OCCOC(=O)C(=C)CO)CC4)c(CCCCC)c3)cc2CCCCC)cc1. The van der Waals surface area contributed by atoms with E-state index in [4.69, 9.17) is 29.2 Å². The molecule has 0 unspecified atom stereocenters. The number of ether oxygens (including phenoxy) is 4. The van der Waals surface area contributed by atoms with Crippen molar-refractivity contribution in [2.24, 2.45) is 0 Å². The molecule has 0 spiro atoms. The molecule has 3 aromatic rings. The number of hydrogen-bond acceptors (Lipinski definition) is 8. The molecule has 0 bridgehead atoms. The molecule has 0 radical (unpaired) electrons. The van der Waals surface area contributed by atoms with Crippen molar-refractivity contribution in [3.05, 3.63) is 102 Å². The third-order valence-corrected chi connectivity index (χ3v) is 10.2. The van der Waals surface area contributed by atoms with E-state index in [-0.39, 0.29) is 37.1 Å². The first-order chi connectivity index (χ1) is 26.3. The second-order valence-corrected chi connectivity index (χ2v) is 14.2. The lowest BCUT2D eigenvalue weighted by molar-refractivity contribution is -0.142. The van der Waals surface area contributed by atoms with Gasteiger partial charge in [0.15, 0.2) is 0 Å². The molecule has 1 aliphatic rings. The van der Waals surface area contributed by atoms with Gasteiger partial charge in [0.2, 0.25) is 0 Å². The van der Waals surface area contributed by atoms with Crippen molar-refractivity contribution >= 4 is 11.9 Å². The molecule has 0 amide bonds. The molecule has 0 heterocycles. The molecule has 4 rings (SSSR count). The van der Waals surface area contributed by atoms with E-state index in [1.807, 2.05) is 12.1 Å². The van der Waals surface area contributed by atoms with Gasteiger partial charge in [-0.25, -0.2) is 9.59 Å². The largest absolute Gasteiger partial charge is 0.490 e. The molecule has 8 nitrogen and oxygen atoms in total. The van der Waals surface area contributed by atoms with Gasteiger partial charge in [-0.3, -0.25) is 0 Å². The minimum atomic E-state index is -0.618. The molecule has 2 N–H and O–H groups in total. The average molecular weight is 741 g/mol. The summed E-state index contributed by atoms with van der Waals surface area (Å²) in [6.45, 7) is 11.4. The number of carbonyl (C=O) groups excluding carboxylic acids is 2. The highest BCUT2D eigenvalue weighted by Gasteiger charge is 2.25. The monoisotopic (exact) mass is 740 g/mol. The maximum atomic E-state index is 11.7. The molecular weight excluding hydrogens is 680 g/mol. The van der Waals surface area contributed by atoms with Gasteiger partial charge in [-0.2, -0.15) is 0 Å². The first-order valence-electron chi connectivity index (χ1n) is 19.8. The fourth-order valence-corrected chi connectivity index (χ4v) is 7.04. The summed E-state index contributed by atoms with van der Waals surface area (Å²) in [5.41, 5.74) is 9.22. The summed E-state index contributed by atoms with van der Waals surface area (Å²) >= 11 is 0. The van der Waals surface area contributed by atoms with Crippen molar-refractivity contribution in [1.82, 2.24) is 0 Å². The standard InChI is InChI=1S/C46H60O8/c1-5-7-9-11-39-29-37(17-23-43(39)35-13-19-41(20-14-35)51-25-27-53-45(49)33(3)31-47)38-18-24-44(40(30-38)12-10-8-6-2)36-15-21-42(22-16-36)52-26-28-54-46(50)34(4)32-48/h13-14,17-20,23-24,29-30,36,42,47-48H,3-12,15-16,21-22,25-28,31-32H2,1-2H3. The lowest BCUT2D eigenvalue weighted by Gasteiger charge is -2.30. The van der Waals surface area contributed by atoms with Crippen LogP contribution in [0.15, 0.2) is 85.0 Å². The predicted molar refractivity (Wildman–Crippen MR) is 215 cm³/mol. The Labute approximate surface area is 322 Å². The van der Waals surface area contributed by atoms with E-state index in [2.05, 4.69) is 75.5 Å². The third-order valence-electron chi connectivity index (χ3n) is 10.2. The van der Waals surface area contributed by atoms with Crippen LogP contribution in [0.2, 0.25) is 0 Å². The molecule has 0 aromatic heterocycles. The summed E-state index contributed by atoms with van der Waals surface area (Å²) < 4.78 is 22.0. The van der Waals surface area contributed by atoms with Crippen LogP contribution >= 0.6 is 0 Å². The topological polar surface area (TPSA) is 112 Å². The molecule has 0 saturated heterocycles. The molecule has 3 aromatic carbocycles. The van der Waals surface area contributed by atoms with Crippen LogP contribution in [0.3, 0.4) is 0 Å². The summed E-state index contributed by atoms with van der Waals surface area (Å²) in [6.07, 6.45) is 13.4. The van der Waals surface area contributed by atoms with E-state index in [1.54, 1.807) is 0 Å². The summed E-state index contributed by atoms with van der Waals surface area (Å²) in [5, 5.41) is 18.1. The number of benzene rings is 3. The lowest BCUT2D eigenvalue weighted by Crippen LogP contribution is -2.23. The minimum Gasteiger partial charge on any atom is -0.490 e. The van der Waals surface area contributed by atoms with Crippen molar-refractivity contribution in [3.8, 4) is 28.0 Å². The highest BCUT2D eigenvalue weighted by atomic mass is 16.6. The van der Waals surface area contributed by atoms with Crippen molar-refractivity contribution in [1.29, 1.82) is 0 Å². The lowest BCUT2D eigenvalue weighted by atomic mass is 9.79. The van der Waals surface area contributed by atoms with Crippen LogP contribution in [0.4, 0.5) is 0 Å². The first-order valence-corrected chi connectivity index (χ1v) is 19.8. The molecule has 1 saturated carbocycles. The second kappa shape index (κ2) is 22.9. The Hall–Kier alpha value is -4.24. The smallest absolute Gasteiger partial charge is 0.335 e. The second-order valence-electron chi connectivity index (χ2n) is 14.2. The van der Waals surface area contributed by atoms with Gasteiger partial charge in [0.1, 0.15) is 25.6 Å². The third kappa shape index (κ3) is 13.0. The van der Waals surface area contributed by atoms with Gasteiger partial charge in [0.05, 0.1) is 37.1 Å². The summed E-state index contributed by atoms with van der Waals surface area (Å²) in [7, 11) is 0. The molecule has 1 fully saturated rings. The van der Waals surface area contributed by atoms with Gasteiger partial charge in [-0.1, -0.05) is 101 Å². The van der Waals surface area contributed by atoms with Gasteiger partial charge in [0.25, 0.3) is 0 Å². The number of aryl methyl sites for hydroxylation is 2. The number of hydrogen-bond donors (Lipinski definition) is 2. The maximum Gasteiger partial charge on any atom is 0.335 e. The van der Waals surface area contributed by atoms with Crippen molar-refractivity contribution in [2.45, 2.75) is 103 Å². The van der Waals surface area contributed by atoms with E-state index in [0.717, 1.165) is 50.5 Å². The Morgan fingerprint density at radius 3 is 1.78 bits per heavy atom. The minimum absolute atomic E-state index is 0.0224. The van der Waals surface area contributed by atoms with Crippen LogP contribution in [0, 0.1) is 0 Å². The molecule has 54 heavy (non-hydrogen) atoms. The van der Waals surface area contributed by atoms with Crippen LogP contribution in [-0.4, -0.2) is 67.9 Å². The summed E-state index contributed by atoms with van der Waals surface area (Å²) in [6, 6.07) is 22.1. The van der Waals surface area contributed by atoms with Gasteiger partial charge in [0, 0.05) is 0 Å². The van der Waals surface area contributed by atoms with Crippen LogP contribution in [0.1, 0.15) is 101 Å². The number of carbonyl (C=O) groups is 2. The van der Waals surface area contributed by atoms with E-state index in [9.17, 15) is 9.59 Å². The van der Waals surface area contributed by atoms with Gasteiger partial charge >= 0.3 is 11.9 Å². The Morgan fingerprint density at radius 2 is 1.19 bits per heavy atom. The van der Waals surface area contributed by atoms with E-state index >= 15 is 0 Å². The van der Waals surface area contributed by atoms with Crippen LogP contribution in [0.25, 0.3) is 22.3 Å². The molecule has 8 heteroatoms. The van der Waals surface area contributed by atoms with Crippen LogP contribution in [-0.2, 0) is 36.6 Å². The van der Waals surface area contributed by atoms with Crippen molar-refractivity contribution < 1.29 is 38.7 Å². The zero-order valence-corrected chi connectivity index (χ0v) is 32.4. The van der Waals surface area contributed by atoms with Crippen molar-refractivity contribution in [3.63, 3.8) is 0 Å². The Kier molecular flexibility index (Phi) is 18.0. The zero-order valence-electron chi connectivity index (χ0n) is 32.4. The van der Waals surface area contributed by atoms with Crippen LogP contribution < -0.4 is 4.74 Å². The van der Waals surface area contributed by atoms with E-state index < -0.39 is 25.2 Å². The number of aliphatic hydroxyl groups is 2. The zero-order chi connectivity index (χ0) is 38.7. The number of esters is 2. The number of unbranched alkanes of at least 4 members (excludes halogenated alkanes) is 4. The maximum absolute atomic E-state index is 11.7. The van der Waals surface area contributed by atoms with Crippen LogP contribution in [0.5, 0.6) is 5.75 Å². The summed E-state index contributed by atoms with van der Waals surface area (Å²) in [4.78, 5) is 23.4. The van der Waals surface area contributed by atoms with Gasteiger partial charge < -0.3 is 29.2 Å². The highest BCUT2D eigenvalue weighted by molar-refractivity contribution is 5.88. The predicted octanol–water partition coefficient (Wildman–Crippen LogP) is 9.09. The Bertz CT molecular complexity index is 1650. The van der Waals surface area contributed by atoms with Gasteiger partial charge in [-0.05, 0) is 108 Å². The molecular formula is C46H60O8.